The van der Waals surface area contributed by atoms with E-state index in [1.54, 1.807) is 0 Å². The maximum atomic E-state index is 12.6. The molecule has 0 amide bonds. The van der Waals surface area contributed by atoms with Crippen LogP contribution in [0.1, 0.15) is 129 Å². The monoisotopic (exact) mass is 803 g/mol. The first kappa shape index (κ1) is 52.9. The number of quaternary nitrogens is 1. The number of unbranched alkanes of at least 4 members (excludes halogenated alkanes) is 6. The first-order valence-corrected chi connectivity index (χ1v) is 22.5. The van der Waals surface area contributed by atoms with E-state index in [1.165, 1.54) is 0 Å². The second-order valence-corrected chi connectivity index (χ2v) is 16.1. The minimum absolute atomic E-state index is 0.0177. The van der Waals surface area contributed by atoms with E-state index in [9.17, 15) is 19.0 Å². The highest BCUT2D eigenvalue weighted by Gasteiger charge is 2.27. The molecule has 0 fully saturated rings. The number of nitrogens with zero attached hydrogens (tertiary/aromatic N) is 1. The molecule has 0 saturated carbocycles. The van der Waals surface area contributed by atoms with Gasteiger partial charge in [0.25, 0.3) is 0 Å². The lowest BCUT2D eigenvalue weighted by Crippen LogP contribution is -2.37. The number of carbonyl (C=O) groups excluding carboxylic acids is 2. The van der Waals surface area contributed by atoms with Crippen molar-refractivity contribution in [3.63, 3.8) is 0 Å². The van der Waals surface area contributed by atoms with E-state index in [0.717, 1.165) is 96.3 Å². The number of phosphoric ester groups is 1. The molecule has 0 aliphatic carbocycles. The van der Waals surface area contributed by atoms with Gasteiger partial charge in [0, 0.05) is 12.8 Å². The number of allylic oxidation sites excluding steroid dienone is 16. The average molecular weight is 803 g/mol. The Morgan fingerprint density at radius 2 is 1.02 bits per heavy atom. The lowest BCUT2D eigenvalue weighted by molar-refractivity contribution is -0.870. The van der Waals surface area contributed by atoms with Gasteiger partial charge in [-0.3, -0.25) is 18.6 Å². The molecule has 0 saturated heterocycles. The molecule has 0 spiro atoms. The van der Waals surface area contributed by atoms with Crippen molar-refractivity contribution >= 4 is 19.8 Å². The van der Waals surface area contributed by atoms with Crippen LogP contribution >= 0.6 is 7.82 Å². The van der Waals surface area contributed by atoms with Gasteiger partial charge in [-0.25, -0.2) is 4.57 Å². The van der Waals surface area contributed by atoms with Gasteiger partial charge in [0.15, 0.2) is 6.10 Å². The van der Waals surface area contributed by atoms with Crippen LogP contribution < -0.4 is 0 Å². The molecule has 0 heterocycles. The molecule has 318 valence electrons. The number of carbonyl (C=O) groups is 2. The van der Waals surface area contributed by atoms with Crippen LogP contribution in [-0.4, -0.2) is 74.9 Å². The van der Waals surface area contributed by atoms with Crippen molar-refractivity contribution in [2.75, 3.05) is 47.5 Å². The largest absolute Gasteiger partial charge is 0.472 e. The van der Waals surface area contributed by atoms with Gasteiger partial charge in [-0.1, -0.05) is 137 Å². The molecule has 9 nitrogen and oxygen atoms in total. The molecule has 56 heavy (non-hydrogen) atoms. The van der Waals surface area contributed by atoms with Crippen molar-refractivity contribution in [2.45, 2.75) is 136 Å². The molecule has 0 rings (SSSR count). The summed E-state index contributed by atoms with van der Waals surface area (Å²) >= 11 is 0. The van der Waals surface area contributed by atoms with Gasteiger partial charge in [0.2, 0.25) is 0 Å². The van der Waals surface area contributed by atoms with Gasteiger partial charge in [0.1, 0.15) is 19.8 Å². The molecule has 10 heteroatoms. The highest BCUT2D eigenvalue weighted by molar-refractivity contribution is 7.47. The van der Waals surface area contributed by atoms with Crippen molar-refractivity contribution in [3.8, 4) is 0 Å². The number of hydrogen-bond donors (Lipinski definition) is 1. The second kappa shape index (κ2) is 37.5. The number of likely N-dealkylation sites (N-methyl/N-ethyl adjacent to an activating group) is 1. The summed E-state index contributed by atoms with van der Waals surface area (Å²) in [5, 5.41) is 0. The molecule has 2 atom stereocenters. The topological polar surface area (TPSA) is 108 Å². The van der Waals surface area contributed by atoms with E-state index >= 15 is 0 Å². The van der Waals surface area contributed by atoms with Crippen molar-refractivity contribution in [2.24, 2.45) is 0 Å². The van der Waals surface area contributed by atoms with Crippen molar-refractivity contribution < 1.29 is 42.1 Å². The molecular weight excluding hydrogens is 725 g/mol. The third-order valence-corrected chi connectivity index (χ3v) is 9.11. The van der Waals surface area contributed by atoms with E-state index in [2.05, 4.69) is 111 Å². The molecule has 1 N–H and O–H groups in total. The van der Waals surface area contributed by atoms with Crippen LogP contribution in [0.4, 0.5) is 0 Å². The Balaban J connectivity index is 4.29. The van der Waals surface area contributed by atoms with E-state index in [4.69, 9.17) is 18.5 Å². The Kier molecular flexibility index (Phi) is 35.4. The van der Waals surface area contributed by atoms with Crippen LogP contribution in [0.5, 0.6) is 0 Å². The molecule has 0 aromatic carbocycles. The van der Waals surface area contributed by atoms with Crippen LogP contribution in [0.3, 0.4) is 0 Å². The fourth-order valence-electron chi connectivity index (χ4n) is 4.85. The summed E-state index contributed by atoms with van der Waals surface area (Å²) in [6.07, 6.45) is 49.4. The quantitative estimate of drug-likeness (QED) is 0.0219. The molecule has 0 radical (unpaired) electrons. The standard InChI is InChI=1S/C46H76NO8P/c1-6-8-10-12-13-14-15-16-17-18-19-20-21-22-23-24-25-26-27-28-29-30-31-32-33-35-37-39-46(49)55-44(42-52-45(48)38-36-34-11-9-7-2)43-54-56(50,51)53-41-40-47(3,4)5/h8,10,13-14,16-17,19-20,22-23,25-26,28-29,31-32,44H,6-7,9,11-12,15,18,21,24,27,30,33-43H2,1-5H3/p+1/b10-8-,14-13-,17-16-,20-19-,23-22-,26-25-,29-28-,32-31-. The van der Waals surface area contributed by atoms with Gasteiger partial charge in [0.05, 0.1) is 27.7 Å². The minimum Gasteiger partial charge on any atom is -0.462 e. The highest BCUT2D eigenvalue weighted by atomic mass is 31.2. The zero-order valence-electron chi connectivity index (χ0n) is 35.6. The highest BCUT2D eigenvalue weighted by Crippen LogP contribution is 2.43. The third-order valence-electron chi connectivity index (χ3n) is 8.13. The summed E-state index contributed by atoms with van der Waals surface area (Å²) < 4.78 is 33.9. The van der Waals surface area contributed by atoms with Gasteiger partial charge in [-0.05, 0) is 77.0 Å². The fourth-order valence-corrected chi connectivity index (χ4v) is 5.59. The Morgan fingerprint density at radius 3 is 1.50 bits per heavy atom. The second-order valence-electron chi connectivity index (χ2n) is 14.6. The first-order valence-electron chi connectivity index (χ1n) is 21.0. The van der Waals surface area contributed by atoms with Crippen molar-refractivity contribution in [3.05, 3.63) is 97.2 Å². The minimum atomic E-state index is -4.38. The lowest BCUT2D eigenvalue weighted by Gasteiger charge is -2.24. The summed E-state index contributed by atoms with van der Waals surface area (Å²) in [5.74, 6) is -0.876. The maximum Gasteiger partial charge on any atom is 0.472 e. The van der Waals surface area contributed by atoms with E-state index in [0.29, 0.717) is 17.4 Å². The summed E-state index contributed by atoms with van der Waals surface area (Å²) in [7, 11) is 1.43. The fraction of sp³-hybridized carbons (Fsp3) is 0.609. The average Bonchev–Trinajstić information content (AvgIpc) is 3.15. The first-order chi connectivity index (χ1) is 27.0. The number of hydrogen-bond acceptors (Lipinski definition) is 7. The van der Waals surface area contributed by atoms with Crippen LogP contribution in [0, 0.1) is 0 Å². The van der Waals surface area contributed by atoms with E-state index < -0.39 is 32.5 Å². The smallest absolute Gasteiger partial charge is 0.462 e. The van der Waals surface area contributed by atoms with Gasteiger partial charge < -0.3 is 18.9 Å². The summed E-state index contributed by atoms with van der Waals surface area (Å²) in [5.41, 5.74) is 0. The SMILES string of the molecule is CC/C=C\C/C=C\C/C=C\C/C=C\C/C=C\C/C=C\C/C=C\C/C=C\CCCCC(=O)OC(COC(=O)CCCCCCC)COP(=O)(O)OCC[N+](C)(C)C. The van der Waals surface area contributed by atoms with Crippen molar-refractivity contribution in [1.82, 2.24) is 0 Å². The third kappa shape index (κ3) is 40.6. The van der Waals surface area contributed by atoms with Crippen LogP contribution in [0.2, 0.25) is 0 Å². The van der Waals surface area contributed by atoms with Gasteiger partial charge in [-0.2, -0.15) is 0 Å². The Hall–Kier alpha value is -3.07. The molecule has 2 unspecified atom stereocenters. The van der Waals surface area contributed by atoms with E-state index in [1.807, 2.05) is 21.1 Å². The zero-order valence-corrected chi connectivity index (χ0v) is 36.5. The van der Waals surface area contributed by atoms with Crippen LogP contribution in [0.15, 0.2) is 97.2 Å². The number of rotatable bonds is 36. The molecular formula is C46H77NO8P+. The molecule has 0 aliphatic heterocycles. The zero-order chi connectivity index (χ0) is 41.4. The number of phosphoric acid groups is 1. The normalized spacial score (nSPS) is 14.6. The summed E-state index contributed by atoms with van der Waals surface area (Å²) in [6.45, 7) is 4.12. The predicted octanol–water partition coefficient (Wildman–Crippen LogP) is 11.8. The molecule has 0 aromatic rings. The van der Waals surface area contributed by atoms with Crippen molar-refractivity contribution in [1.29, 1.82) is 0 Å². The van der Waals surface area contributed by atoms with Gasteiger partial charge >= 0.3 is 19.8 Å². The summed E-state index contributed by atoms with van der Waals surface area (Å²) in [6, 6.07) is 0. The van der Waals surface area contributed by atoms with E-state index in [-0.39, 0.29) is 26.1 Å². The Labute approximate surface area is 341 Å². The molecule has 0 bridgehead atoms. The summed E-state index contributed by atoms with van der Waals surface area (Å²) in [4.78, 5) is 35.0. The van der Waals surface area contributed by atoms with Crippen LogP contribution in [-0.2, 0) is 32.7 Å². The number of esters is 2. The maximum absolute atomic E-state index is 12.6. The van der Waals surface area contributed by atoms with Gasteiger partial charge in [-0.15, -0.1) is 0 Å². The lowest BCUT2D eigenvalue weighted by atomic mass is 10.1. The number of ether oxygens (including phenoxy) is 2. The van der Waals surface area contributed by atoms with Crippen LogP contribution in [0.25, 0.3) is 0 Å². The Morgan fingerprint density at radius 1 is 0.571 bits per heavy atom. The molecule has 0 aliphatic rings. The molecule has 0 aromatic heterocycles. The Bertz CT molecular complexity index is 1270. The predicted molar refractivity (Wildman–Crippen MR) is 233 cm³/mol.